The zero-order valence-electron chi connectivity index (χ0n) is 15.4. The van der Waals surface area contributed by atoms with Crippen LogP contribution in [0.15, 0.2) is 34.8 Å². The Hall–Kier alpha value is -3.54. The fourth-order valence-electron chi connectivity index (χ4n) is 3.03. The number of fused-ring (bicyclic) bond motifs is 1. The molecule has 12 heteroatoms. The summed E-state index contributed by atoms with van der Waals surface area (Å²) in [5.74, 6) is -0.498. The first kappa shape index (κ1) is 21.2. The lowest BCUT2D eigenvalue weighted by molar-refractivity contribution is -0.394. The molecule has 0 aliphatic heterocycles. The van der Waals surface area contributed by atoms with Crippen molar-refractivity contribution in [2.75, 3.05) is 6.54 Å². The molecule has 1 aromatic heterocycles. The molecule has 11 nitrogen and oxygen atoms in total. The molecular weight excluding hydrogens is 462 g/mol. The normalized spacial score (nSPS) is 10.8. The van der Waals surface area contributed by atoms with Gasteiger partial charge in [-0.05, 0) is 47.3 Å². The zero-order chi connectivity index (χ0) is 21.8. The Morgan fingerprint density at radius 1 is 1.20 bits per heavy atom. The Morgan fingerprint density at radius 2 is 1.93 bits per heavy atom. The second kappa shape index (κ2) is 8.86. The van der Waals surface area contributed by atoms with Gasteiger partial charge in [0.05, 0.1) is 21.1 Å². The number of benzene rings is 2. The molecule has 0 unspecified atom stereocenters. The molecular formula is C18H16BrN5O6. The first-order valence-electron chi connectivity index (χ1n) is 8.85. The maximum absolute atomic E-state index is 12.0. The summed E-state index contributed by atoms with van der Waals surface area (Å²) in [6.07, 6.45) is 1.56. The van der Waals surface area contributed by atoms with Crippen LogP contribution in [0.25, 0.3) is 10.9 Å². The first-order chi connectivity index (χ1) is 14.3. The van der Waals surface area contributed by atoms with E-state index in [0.717, 1.165) is 0 Å². The number of aromatic amines is 1. The van der Waals surface area contributed by atoms with Crippen LogP contribution in [-0.2, 0) is 6.42 Å². The average Bonchev–Trinajstić information content (AvgIpc) is 3.09. The number of aromatic hydroxyl groups is 1. The highest BCUT2D eigenvalue weighted by Crippen LogP contribution is 2.40. The number of carbonyl (C=O) groups is 1. The van der Waals surface area contributed by atoms with Gasteiger partial charge in [0.15, 0.2) is 4.47 Å². The van der Waals surface area contributed by atoms with E-state index in [4.69, 9.17) is 0 Å². The number of para-hydroxylation sites is 1. The van der Waals surface area contributed by atoms with E-state index in [0.29, 0.717) is 36.9 Å². The predicted molar refractivity (Wildman–Crippen MR) is 110 cm³/mol. The summed E-state index contributed by atoms with van der Waals surface area (Å²) in [5, 5.41) is 42.0. The lowest BCUT2D eigenvalue weighted by Crippen LogP contribution is -2.24. The number of aryl methyl sites for hydroxylation is 1. The van der Waals surface area contributed by atoms with E-state index in [-0.39, 0.29) is 21.3 Å². The minimum absolute atomic E-state index is 0.104. The quantitative estimate of drug-likeness (QED) is 0.253. The molecule has 3 N–H and O–H groups in total. The molecule has 0 saturated carbocycles. The molecule has 0 bridgehead atoms. The minimum Gasteiger partial charge on any atom is -0.507 e. The first-order valence-corrected chi connectivity index (χ1v) is 9.65. The van der Waals surface area contributed by atoms with Gasteiger partial charge in [-0.15, -0.1) is 0 Å². The van der Waals surface area contributed by atoms with E-state index in [1.165, 1.54) is 18.2 Å². The number of nitrogens with zero attached hydrogens (tertiary/aromatic N) is 3. The van der Waals surface area contributed by atoms with Gasteiger partial charge in [0.2, 0.25) is 0 Å². The standard InChI is InChI=1S/C18H16BrN5O6/c19-15-13(23(27)28)9-11-12(21-22-16(11)17(15)24(29)30)6-3-4-8-20-18(26)10-5-1-2-7-14(10)25/h1-2,5,7,9,25H,3-4,6,8H2,(H,20,26)(H,21,22). The zero-order valence-corrected chi connectivity index (χ0v) is 17.0. The molecule has 0 saturated heterocycles. The van der Waals surface area contributed by atoms with Crippen LogP contribution >= 0.6 is 15.9 Å². The number of hydrogen-bond acceptors (Lipinski definition) is 7. The Balaban J connectivity index is 1.67. The summed E-state index contributed by atoms with van der Waals surface area (Å²) in [7, 11) is 0. The molecule has 30 heavy (non-hydrogen) atoms. The number of nitro groups is 2. The second-order valence-electron chi connectivity index (χ2n) is 6.40. The second-order valence-corrected chi connectivity index (χ2v) is 7.19. The molecule has 0 radical (unpaired) electrons. The summed E-state index contributed by atoms with van der Waals surface area (Å²) in [6.45, 7) is 0.349. The Kier molecular flexibility index (Phi) is 6.26. The predicted octanol–water partition coefficient (Wildman–Crippen LogP) is 3.60. The highest BCUT2D eigenvalue weighted by Gasteiger charge is 2.29. The lowest BCUT2D eigenvalue weighted by atomic mass is 10.1. The van der Waals surface area contributed by atoms with Crippen LogP contribution in [0.5, 0.6) is 5.75 Å². The Bertz CT molecular complexity index is 1150. The number of nitro benzene ring substituents is 2. The number of amides is 1. The lowest BCUT2D eigenvalue weighted by Gasteiger charge is -2.06. The monoisotopic (exact) mass is 477 g/mol. The largest absolute Gasteiger partial charge is 0.507 e. The molecule has 3 aromatic rings. The summed E-state index contributed by atoms with van der Waals surface area (Å²) in [4.78, 5) is 33.3. The van der Waals surface area contributed by atoms with Crippen LogP contribution in [0.2, 0.25) is 0 Å². The molecule has 1 heterocycles. The van der Waals surface area contributed by atoms with Crippen molar-refractivity contribution in [2.45, 2.75) is 19.3 Å². The summed E-state index contributed by atoms with van der Waals surface area (Å²) < 4.78 is -0.216. The molecule has 1 amide bonds. The molecule has 0 aliphatic rings. The Labute approximate surface area is 177 Å². The van der Waals surface area contributed by atoms with Crippen molar-refractivity contribution in [3.05, 3.63) is 66.3 Å². The van der Waals surface area contributed by atoms with Crippen LogP contribution in [0.1, 0.15) is 28.9 Å². The highest BCUT2D eigenvalue weighted by molar-refractivity contribution is 9.10. The average molecular weight is 478 g/mol. The van der Waals surface area contributed by atoms with Crippen molar-refractivity contribution in [2.24, 2.45) is 0 Å². The maximum Gasteiger partial charge on any atom is 0.315 e. The number of hydrogen-bond donors (Lipinski definition) is 3. The van der Waals surface area contributed by atoms with Crippen LogP contribution in [0.3, 0.4) is 0 Å². The fourth-order valence-corrected chi connectivity index (χ4v) is 3.63. The minimum atomic E-state index is -0.699. The molecule has 0 atom stereocenters. The SMILES string of the molecule is O=C(NCCCCc1n[nH]c2c([N+](=O)[O-])c(Br)c([N+](=O)[O-])cc12)c1ccccc1O. The van der Waals surface area contributed by atoms with E-state index in [2.05, 4.69) is 31.4 Å². The number of phenols is 1. The van der Waals surface area contributed by atoms with Crippen molar-refractivity contribution in [1.29, 1.82) is 0 Å². The van der Waals surface area contributed by atoms with E-state index in [9.17, 15) is 30.1 Å². The topological polar surface area (TPSA) is 164 Å². The Morgan fingerprint density at radius 3 is 2.60 bits per heavy atom. The van der Waals surface area contributed by atoms with E-state index in [1.54, 1.807) is 12.1 Å². The number of aromatic nitrogens is 2. The number of phenolic OH excluding ortho intramolecular Hbond substituents is 1. The highest BCUT2D eigenvalue weighted by atomic mass is 79.9. The van der Waals surface area contributed by atoms with Crippen molar-refractivity contribution < 1.29 is 19.7 Å². The molecule has 2 aromatic carbocycles. The van der Waals surface area contributed by atoms with Crippen LogP contribution in [-0.4, -0.2) is 37.6 Å². The van der Waals surface area contributed by atoms with E-state index in [1.807, 2.05) is 0 Å². The van der Waals surface area contributed by atoms with Crippen molar-refractivity contribution in [1.82, 2.24) is 15.5 Å². The van der Waals surface area contributed by atoms with Crippen LogP contribution in [0.4, 0.5) is 11.4 Å². The maximum atomic E-state index is 12.0. The van der Waals surface area contributed by atoms with Gasteiger partial charge in [-0.3, -0.25) is 30.1 Å². The third-order valence-corrected chi connectivity index (χ3v) is 5.27. The van der Waals surface area contributed by atoms with Gasteiger partial charge in [-0.25, -0.2) is 0 Å². The van der Waals surface area contributed by atoms with Gasteiger partial charge in [-0.1, -0.05) is 12.1 Å². The molecule has 3 rings (SSSR count). The number of unbranched alkanes of at least 4 members (excludes halogenated alkanes) is 1. The number of nitrogens with one attached hydrogen (secondary N) is 2. The van der Waals surface area contributed by atoms with Crippen molar-refractivity contribution >= 4 is 44.1 Å². The van der Waals surface area contributed by atoms with Gasteiger partial charge in [0, 0.05) is 18.0 Å². The third-order valence-electron chi connectivity index (χ3n) is 4.49. The van der Waals surface area contributed by atoms with Crippen molar-refractivity contribution in [3.63, 3.8) is 0 Å². The summed E-state index contributed by atoms with van der Waals surface area (Å²) in [6, 6.07) is 7.46. The van der Waals surface area contributed by atoms with E-state index >= 15 is 0 Å². The fraction of sp³-hybridized carbons (Fsp3) is 0.222. The number of halogens is 1. The van der Waals surface area contributed by atoms with Crippen LogP contribution < -0.4 is 5.32 Å². The van der Waals surface area contributed by atoms with E-state index < -0.39 is 27.1 Å². The number of rotatable bonds is 8. The molecule has 156 valence electrons. The molecule has 0 spiro atoms. The van der Waals surface area contributed by atoms with Gasteiger partial charge in [-0.2, -0.15) is 5.10 Å². The van der Waals surface area contributed by atoms with Gasteiger partial charge >= 0.3 is 5.69 Å². The molecule has 0 fully saturated rings. The summed E-state index contributed by atoms with van der Waals surface area (Å²) >= 11 is 2.93. The smallest absolute Gasteiger partial charge is 0.315 e. The third kappa shape index (κ3) is 4.22. The summed E-state index contributed by atoms with van der Waals surface area (Å²) in [5.41, 5.74) is -0.0864. The van der Waals surface area contributed by atoms with Gasteiger partial charge < -0.3 is 10.4 Å². The number of H-pyrrole nitrogens is 1. The van der Waals surface area contributed by atoms with Gasteiger partial charge in [0.25, 0.3) is 11.6 Å². The number of carbonyl (C=O) groups excluding carboxylic acids is 1. The van der Waals surface area contributed by atoms with Crippen molar-refractivity contribution in [3.8, 4) is 5.75 Å². The van der Waals surface area contributed by atoms with Gasteiger partial charge in [0.1, 0.15) is 11.3 Å². The van der Waals surface area contributed by atoms with Crippen LogP contribution in [0, 0.1) is 20.2 Å². The molecule has 0 aliphatic carbocycles.